The number of benzene rings is 1. The maximum absolute atomic E-state index is 12.8. The minimum Gasteiger partial charge on any atom is -0.390 e. The minimum atomic E-state index is -0.697. The van der Waals surface area contributed by atoms with Crippen molar-refractivity contribution < 1.29 is 9.90 Å². The summed E-state index contributed by atoms with van der Waals surface area (Å²) in [6.07, 6.45) is 1.44. The normalized spacial score (nSPS) is 15.0. The van der Waals surface area contributed by atoms with Gasteiger partial charge in [-0.3, -0.25) is 14.6 Å². The molecule has 0 bridgehead atoms. The molecule has 1 aliphatic heterocycles. The first-order valence-corrected chi connectivity index (χ1v) is 9.44. The number of aromatic amines is 1. The van der Waals surface area contributed by atoms with Crippen LogP contribution in [-0.2, 0) is 6.42 Å². The van der Waals surface area contributed by atoms with E-state index in [9.17, 15) is 14.7 Å². The van der Waals surface area contributed by atoms with Crippen LogP contribution in [0.25, 0.3) is 0 Å². The highest BCUT2D eigenvalue weighted by atomic mass is 16.3. The summed E-state index contributed by atoms with van der Waals surface area (Å²) >= 11 is 0. The van der Waals surface area contributed by atoms with Gasteiger partial charge in [-0.1, -0.05) is 12.1 Å². The molecule has 1 aromatic carbocycles. The molecule has 8 heteroatoms. The Morgan fingerprint density at radius 2 is 1.86 bits per heavy atom. The van der Waals surface area contributed by atoms with Gasteiger partial charge >= 0.3 is 0 Å². The van der Waals surface area contributed by atoms with Crippen molar-refractivity contribution in [2.45, 2.75) is 32.3 Å². The molecular formula is C20H27N5O3. The number of nitrogens with one attached hydrogen (secondary N) is 1. The molecule has 1 fully saturated rings. The summed E-state index contributed by atoms with van der Waals surface area (Å²) in [5.74, 6) is 0.613. The van der Waals surface area contributed by atoms with Crippen molar-refractivity contribution in [3.8, 4) is 0 Å². The maximum atomic E-state index is 12.8. The highest BCUT2D eigenvalue weighted by molar-refractivity contribution is 5.94. The molecule has 150 valence electrons. The van der Waals surface area contributed by atoms with Crippen LogP contribution in [0.2, 0.25) is 0 Å². The second kappa shape index (κ2) is 8.02. The quantitative estimate of drug-likeness (QED) is 0.708. The Hall–Kier alpha value is -2.87. The van der Waals surface area contributed by atoms with E-state index >= 15 is 0 Å². The number of hydrogen-bond donors (Lipinski definition) is 3. The van der Waals surface area contributed by atoms with Crippen molar-refractivity contribution in [3.05, 3.63) is 51.8 Å². The van der Waals surface area contributed by atoms with Gasteiger partial charge in [0.05, 0.1) is 5.60 Å². The van der Waals surface area contributed by atoms with Crippen molar-refractivity contribution in [2.24, 2.45) is 0 Å². The van der Waals surface area contributed by atoms with Crippen molar-refractivity contribution >= 4 is 17.7 Å². The molecular weight excluding hydrogens is 358 g/mol. The van der Waals surface area contributed by atoms with Crippen LogP contribution in [0.15, 0.2) is 35.1 Å². The van der Waals surface area contributed by atoms with Gasteiger partial charge in [-0.05, 0) is 44.4 Å². The van der Waals surface area contributed by atoms with E-state index in [2.05, 4.69) is 9.97 Å². The summed E-state index contributed by atoms with van der Waals surface area (Å²) in [6, 6.07) is 8.98. The fourth-order valence-electron chi connectivity index (χ4n) is 3.21. The number of aryl methyl sites for hydroxylation is 1. The third-order valence-electron chi connectivity index (χ3n) is 4.86. The molecule has 0 radical (unpaired) electrons. The minimum absolute atomic E-state index is 0.00734. The number of nitrogens with two attached hydrogens (primary N) is 1. The lowest BCUT2D eigenvalue weighted by molar-refractivity contribution is 0.0711. The van der Waals surface area contributed by atoms with Crippen molar-refractivity contribution in [2.75, 3.05) is 36.8 Å². The first-order valence-electron chi connectivity index (χ1n) is 9.44. The highest BCUT2D eigenvalue weighted by Gasteiger charge is 2.23. The number of rotatable bonds is 5. The molecule has 1 aliphatic rings. The van der Waals surface area contributed by atoms with Crippen molar-refractivity contribution in [1.82, 2.24) is 14.9 Å². The first kappa shape index (κ1) is 19.9. The SMILES string of the molecule is CC(C)(O)CCc1ccc(C(=O)N2CCN(c3cc(=O)[nH]c(N)n3)CC2)cc1. The molecule has 1 amide bonds. The van der Waals surface area contributed by atoms with Crippen LogP contribution in [0.4, 0.5) is 11.8 Å². The van der Waals surface area contributed by atoms with Crippen LogP contribution in [0.1, 0.15) is 36.2 Å². The second-order valence-corrected chi connectivity index (χ2v) is 7.78. The Kier molecular flexibility index (Phi) is 5.69. The highest BCUT2D eigenvalue weighted by Crippen LogP contribution is 2.17. The lowest BCUT2D eigenvalue weighted by Gasteiger charge is -2.35. The van der Waals surface area contributed by atoms with Gasteiger partial charge in [-0.25, -0.2) is 0 Å². The fraction of sp³-hybridized carbons (Fsp3) is 0.450. The summed E-state index contributed by atoms with van der Waals surface area (Å²) in [4.78, 5) is 34.7. The van der Waals surface area contributed by atoms with E-state index in [0.29, 0.717) is 44.0 Å². The Bertz CT molecular complexity index is 878. The van der Waals surface area contributed by atoms with Crippen LogP contribution < -0.4 is 16.2 Å². The van der Waals surface area contributed by atoms with Crippen LogP contribution in [0, 0.1) is 0 Å². The zero-order valence-electron chi connectivity index (χ0n) is 16.3. The third kappa shape index (κ3) is 5.10. The number of anilines is 2. The van der Waals surface area contributed by atoms with Gasteiger partial charge in [0.1, 0.15) is 5.82 Å². The molecule has 0 unspecified atom stereocenters. The zero-order valence-corrected chi connectivity index (χ0v) is 16.3. The number of nitrogens with zero attached hydrogens (tertiary/aromatic N) is 3. The van der Waals surface area contributed by atoms with E-state index in [1.807, 2.05) is 29.2 Å². The van der Waals surface area contributed by atoms with Crippen molar-refractivity contribution in [1.29, 1.82) is 0 Å². The number of carbonyl (C=O) groups is 1. The third-order valence-corrected chi connectivity index (χ3v) is 4.86. The number of amides is 1. The first-order chi connectivity index (χ1) is 13.2. The van der Waals surface area contributed by atoms with Gasteiger partial charge in [0, 0.05) is 37.8 Å². The Labute approximate surface area is 164 Å². The van der Waals surface area contributed by atoms with Crippen LogP contribution in [0.3, 0.4) is 0 Å². The predicted octanol–water partition coefficient (Wildman–Crippen LogP) is 1.02. The monoisotopic (exact) mass is 385 g/mol. The smallest absolute Gasteiger partial charge is 0.254 e. The summed E-state index contributed by atoms with van der Waals surface area (Å²) < 4.78 is 0. The standard InChI is InChI=1S/C20H27N5O3/c1-20(2,28)8-7-14-3-5-15(6-4-14)18(27)25-11-9-24(10-12-25)16-13-17(26)23-19(21)22-16/h3-6,13,28H,7-12H2,1-2H3,(H3,21,22,23,26). The van der Waals surface area contributed by atoms with E-state index in [1.165, 1.54) is 6.07 Å². The molecule has 0 atom stereocenters. The molecule has 0 saturated carbocycles. The number of nitrogen functional groups attached to an aromatic ring is 1. The molecule has 0 aliphatic carbocycles. The van der Waals surface area contributed by atoms with Gasteiger partial charge in [-0.2, -0.15) is 4.98 Å². The van der Waals surface area contributed by atoms with Gasteiger partial charge in [-0.15, -0.1) is 0 Å². The summed E-state index contributed by atoms with van der Waals surface area (Å²) in [5, 5.41) is 9.83. The van der Waals surface area contributed by atoms with E-state index < -0.39 is 5.60 Å². The topological polar surface area (TPSA) is 116 Å². The van der Waals surface area contributed by atoms with Crippen LogP contribution in [0.5, 0.6) is 0 Å². The van der Waals surface area contributed by atoms with Crippen LogP contribution >= 0.6 is 0 Å². The number of hydrogen-bond acceptors (Lipinski definition) is 6. The second-order valence-electron chi connectivity index (χ2n) is 7.78. The van der Waals surface area contributed by atoms with Gasteiger partial charge in [0.25, 0.3) is 11.5 Å². The summed E-state index contributed by atoms with van der Waals surface area (Å²) in [6.45, 7) is 5.86. The fourth-order valence-corrected chi connectivity index (χ4v) is 3.21. The molecule has 0 spiro atoms. The molecule has 1 saturated heterocycles. The van der Waals surface area contributed by atoms with E-state index in [-0.39, 0.29) is 17.4 Å². The van der Waals surface area contributed by atoms with Crippen molar-refractivity contribution in [3.63, 3.8) is 0 Å². The number of aromatic nitrogens is 2. The number of aliphatic hydroxyl groups is 1. The lowest BCUT2D eigenvalue weighted by atomic mass is 9.98. The zero-order chi connectivity index (χ0) is 20.3. The van der Waals surface area contributed by atoms with Gasteiger partial charge < -0.3 is 20.6 Å². The molecule has 2 heterocycles. The van der Waals surface area contributed by atoms with Gasteiger partial charge in [0.15, 0.2) is 0 Å². The van der Waals surface area contributed by atoms with Crippen LogP contribution in [-0.4, -0.2) is 57.7 Å². The number of carbonyl (C=O) groups excluding carboxylic acids is 1. The summed E-state index contributed by atoms with van der Waals surface area (Å²) in [5.41, 5.74) is 6.37. The number of H-pyrrole nitrogens is 1. The average Bonchev–Trinajstić information content (AvgIpc) is 2.65. The Morgan fingerprint density at radius 1 is 1.21 bits per heavy atom. The van der Waals surface area contributed by atoms with Gasteiger partial charge in [0.2, 0.25) is 5.95 Å². The molecule has 1 aromatic heterocycles. The molecule has 4 N–H and O–H groups in total. The average molecular weight is 385 g/mol. The number of piperazine rings is 1. The maximum Gasteiger partial charge on any atom is 0.254 e. The summed E-state index contributed by atoms with van der Waals surface area (Å²) in [7, 11) is 0. The molecule has 8 nitrogen and oxygen atoms in total. The Balaban J connectivity index is 1.58. The van der Waals surface area contributed by atoms with E-state index in [0.717, 1.165) is 12.0 Å². The Morgan fingerprint density at radius 3 is 2.43 bits per heavy atom. The molecule has 28 heavy (non-hydrogen) atoms. The van der Waals surface area contributed by atoms with E-state index in [1.54, 1.807) is 18.7 Å². The lowest BCUT2D eigenvalue weighted by Crippen LogP contribution is -2.49. The molecule has 2 aromatic rings. The predicted molar refractivity (Wildman–Crippen MR) is 108 cm³/mol. The van der Waals surface area contributed by atoms with E-state index in [4.69, 9.17) is 5.73 Å². The largest absolute Gasteiger partial charge is 0.390 e. The molecule has 3 rings (SSSR count).